The largest absolute Gasteiger partial charge is 1.00 e. The van der Waals surface area contributed by atoms with Crippen LogP contribution in [0.5, 0.6) is 34.5 Å². The molecular formula is C84H114Na6O24S6. The predicted molar refractivity (Wildman–Crippen MR) is 436 cm³/mol. The molecule has 0 saturated carbocycles. The van der Waals surface area contributed by atoms with Gasteiger partial charge in [-0.3, -0.25) is 0 Å². The van der Waals surface area contributed by atoms with E-state index in [2.05, 4.69) is 0 Å². The molecule has 0 radical (unpaired) electrons. The SMILES string of the molecule is CC(C)(C)c1cc2c(OCCCS(=O)(=O)[O-])c(c1)Cc1cc(C(C)(C)C)cc(c1OCCCS(=O)(=O)[O-])Cc1cc(C(C)(C)C)cc(c1OCCCS(=O)(=O)[O-])Cc1cc(C(C)(C)C)cc(c1OCCCS(=O)(=O)[O-])Cc1cc(C(C)(C)C)cc(c1OCCCS(=O)(=O)[O-])Cc1cc(C(C)(C)C)cc(c1OCCCS(=O)(=O)[O-])C2.[Na+].[Na+].[Na+].[Na+].[Na+].[Na+]. The first-order chi connectivity index (χ1) is 52.0. The van der Waals surface area contributed by atoms with Crippen molar-refractivity contribution in [2.45, 2.75) is 234 Å². The molecular weight excluding hydrogens is 1720 g/mol. The maximum absolute atomic E-state index is 12.4. The summed E-state index contributed by atoms with van der Waals surface area (Å²) in [4.78, 5) is 0. The molecule has 0 amide bonds. The van der Waals surface area contributed by atoms with Crippen LogP contribution in [-0.4, -0.2) is 152 Å². The number of rotatable bonds is 30. The summed E-state index contributed by atoms with van der Waals surface area (Å²) in [6.07, 6.45) is -1.56. The fourth-order valence-corrected chi connectivity index (χ4v) is 16.3. The van der Waals surface area contributed by atoms with Crippen molar-refractivity contribution >= 4 is 60.7 Å². The van der Waals surface area contributed by atoms with Crippen LogP contribution < -0.4 is 206 Å². The first-order valence-corrected chi connectivity index (χ1v) is 47.8. The van der Waals surface area contributed by atoms with Gasteiger partial charge in [-0.05, 0) is 171 Å². The van der Waals surface area contributed by atoms with Crippen molar-refractivity contribution in [1.29, 1.82) is 0 Å². The molecule has 0 N–H and O–H groups in total. The second-order valence-corrected chi connectivity index (χ2v) is 45.2. The fourth-order valence-electron chi connectivity index (χ4n) is 13.5. The van der Waals surface area contributed by atoms with Crippen LogP contribution in [0, 0.1) is 0 Å². The molecule has 120 heavy (non-hydrogen) atoms. The second kappa shape index (κ2) is 47.6. The van der Waals surface area contributed by atoms with E-state index in [1.165, 1.54) is 0 Å². The third-order valence-corrected chi connectivity index (χ3v) is 24.4. The Morgan fingerprint density at radius 2 is 0.300 bits per heavy atom. The molecule has 0 atom stereocenters. The van der Waals surface area contributed by atoms with Crippen LogP contribution in [0.4, 0.5) is 0 Å². The first kappa shape index (κ1) is 118. The average molecular weight is 1840 g/mol. The Morgan fingerprint density at radius 1 is 0.208 bits per heavy atom. The number of benzene rings is 6. The zero-order valence-electron chi connectivity index (χ0n) is 75.1. The third kappa shape index (κ3) is 38.6. The Balaban J connectivity index is 0.0000120. The van der Waals surface area contributed by atoms with E-state index in [9.17, 15) is 77.8 Å². The van der Waals surface area contributed by atoms with Gasteiger partial charge in [0.05, 0.1) is 100 Å². The van der Waals surface area contributed by atoms with E-state index in [4.69, 9.17) is 28.4 Å². The molecule has 0 heterocycles. The summed E-state index contributed by atoms with van der Waals surface area (Å²) in [7, 11) is -28.6. The van der Waals surface area contributed by atoms with Crippen LogP contribution >= 0.6 is 0 Å². The van der Waals surface area contributed by atoms with Gasteiger partial charge in [0.1, 0.15) is 34.5 Å². The summed E-state index contributed by atoms with van der Waals surface area (Å²) in [6.45, 7) is 34.5. The average Bonchev–Trinajstić information content (AvgIpc) is 0.767. The topological polar surface area (TPSA) is 399 Å². The van der Waals surface area contributed by atoms with Crippen molar-refractivity contribution < 1.29 is 284 Å². The van der Waals surface area contributed by atoms with E-state index in [1.54, 1.807) is 0 Å². The molecule has 0 aromatic heterocycles. The van der Waals surface area contributed by atoms with Gasteiger partial charge in [-0.2, -0.15) is 0 Å². The molecule has 636 valence electrons. The minimum absolute atomic E-state index is 0. The van der Waals surface area contributed by atoms with Gasteiger partial charge in [0.25, 0.3) is 0 Å². The van der Waals surface area contributed by atoms with Crippen molar-refractivity contribution in [3.63, 3.8) is 0 Å². The molecule has 7 rings (SSSR count). The molecule has 6 aromatic carbocycles. The van der Waals surface area contributed by atoms with Gasteiger partial charge in [-0.25, -0.2) is 50.5 Å². The Kier molecular flexibility index (Phi) is 46.6. The van der Waals surface area contributed by atoms with Crippen molar-refractivity contribution in [2.75, 3.05) is 74.2 Å². The van der Waals surface area contributed by atoms with E-state index in [0.717, 1.165) is 33.4 Å². The third-order valence-electron chi connectivity index (χ3n) is 19.6. The van der Waals surface area contributed by atoms with Gasteiger partial charge in [0.15, 0.2) is 0 Å². The van der Waals surface area contributed by atoms with Crippen LogP contribution in [0.15, 0.2) is 72.8 Å². The van der Waals surface area contributed by atoms with Crippen molar-refractivity contribution in [2.24, 2.45) is 0 Å². The van der Waals surface area contributed by atoms with Crippen molar-refractivity contribution in [1.82, 2.24) is 0 Å². The maximum Gasteiger partial charge on any atom is 1.00 e. The molecule has 0 spiro atoms. The molecule has 12 bridgehead atoms. The summed E-state index contributed by atoms with van der Waals surface area (Å²) < 4.78 is 264. The minimum Gasteiger partial charge on any atom is -0.748 e. The Hall–Kier alpha value is -0.420. The monoisotopic (exact) mass is 1840 g/mol. The molecule has 36 heteroatoms. The molecule has 0 aliphatic heterocycles. The molecule has 0 fully saturated rings. The molecule has 24 nitrogen and oxygen atoms in total. The van der Waals surface area contributed by atoms with Gasteiger partial charge in [-0.1, -0.05) is 197 Å². The molecule has 1 aliphatic rings. The van der Waals surface area contributed by atoms with Crippen molar-refractivity contribution in [3.8, 4) is 34.5 Å². The Bertz CT molecular complexity index is 4220. The number of ether oxygens (including phenoxy) is 6. The fraction of sp³-hybridized carbons (Fsp3) is 0.571. The maximum atomic E-state index is 12.4. The Labute approximate surface area is 848 Å². The second-order valence-electron chi connectivity index (χ2n) is 36.1. The zero-order valence-corrected chi connectivity index (χ0v) is 92.0. The van der Waals surface area contributed by atoms with Gasteiger partial charge >= 0.3 is 177 Å². The molecule has 6 aromatic rings. The minimum atomic E-state index is -4.76. The summed E-state index contributed by atoms with van der Waals surface area (Å²) in [6, 6.07) is 23.6. The summed E-state index contributed by atoms with van der Waals surface area (Å²) in [5.74, 6) is -3.05. The predicted octanol–water partition coefficient (Wildman–Crippen LogP) is -4.76. The summed E-state index contributed by atoms with van der Waals surface area (Å²) in [5.41, 5.74) is 7.31. The van der Waals surface area contributed by atoms with E-state index in [0.29, 0.717) is 66.8 Å². The number of fused-ring (bicyclic) bond motifs is 12. The van der Waals surface area contributed by atoms with Gasteiger partial charge in [0, 0.05) is 73.0 Å². The van der Waals surface area contributed by atoms with E-state index in [-0.39, 0.29) is 329 Å². The number of hydrogen-bond donors (Lipinski definition) is 0. The van der Waals surface area contributed by atoms with Crippen LogP contribution in [-0.2, 0) is 132 Å². The zero-order chi connectivity index (χ0) is 85.6. The molecule has 0 saturated heterocycles. The Morgan fingerprint density at radius 3 is 0.375 bits per heavy atom. The first-order valence-electron chi connectivity index (χ1n) is 38.4. The van der Waals surface area contributed by atoms with Gasteiger partial charge < -0.3 is 55.7 Å². The van der Waals surface area contributed by atoms with Crippen LogP contribution in [0.1, 0.15) is 263 Å². The normalized spacial score (nSPS) is 13.4. The number of hydrogen-bond acceptors (Lipinski definition) is 24. The quantitative estimate of drug-likeness (QED) is 0.0232. The molecule has 0 unspecified atom stereocenters. The van der Waals surface area contributed by atoms with Gasteiger partial charge in [-0.15, -0.1) is 0 Å². The van der Waals surface area contributed by atoms with Crippen LogP contribution in [0.3, 0.4) is 0 Å². The smallest absolute Gasteiger partial charge is 0.748 e. The molecule has 1 aliphatic carbocycles. The standard InChI is InChI=1S/C84H120O24S6.6Na/c1-79(2,3)67-43-55-37-57-45-68(80(4,5)6)47-59(74(57)104-26-20-32-110(88,89)90)39-61-49-70(82(10,11)12)51-63(76(61)106-28-22-34-112(94,95)96)41-65-53-72(84(16,17)18)54-66(78(65)108-30-24-36-114(100,101)102)42-64-52-71(83(13,14)15)50-62(77(64)107-29-23-35-113(97,98)99)40-60-48-69(81(7,8)9)46-58(75(60)105-27-21-33-111(91,92)93)38-56(44-67)73(55)103-25-19-31-109(85,86)87;;;;;;/h43-54H,19-42H2,1-18H3,(H,85,86,87)(H,88,89,90)(H,91,92,93)(H,94,95,96)(H,97,98,99)(H,100,101,102);;;;;;/q;6*+1/p-6. The van der Waals surface area contributed by atoms with Gasteiger partial charge in [0.2, 0.25) is 0 Å². The van der Waals surface area contributed by atoms with Crippen LogP contribution in [0.2, 0.25) is 0 Å². The van der Waals surface area contributed by atoms with E-state index < -0.39 is 128 Å². The van der Waals surface area contributed by atoms with E-state index >= 15 is 0 Å². The summed E-state index contributed by atoms with van der Waals surface area (Å²) >= 11 is 0. The summed E-state index contributed by atoms with van der Waals surface area (Å²) in [5, 5.41) is 0. The van der Waals surface area contributed by atoms with Crippen LogP contribution in [0.25, 0.3) is 0 Å². The van der Waals surface area contributed by atoms with Crippen molar-refractivity contribution in [3.05, 3.63) is 173 Å². The van der Waals surface area contributed by atoms with E-state index in [1.807, 2.05) is 197 Å².